The number of rotatable bonds is 1. The highest BCUT2D eigenvalue weighted by Crippen LogP contribution is 2.18. The summed E-state index contributed by atoms with van der Waals surface area (Å²) in [5, 5.41) is 2.91. The third kappa shape index (κ3) is 4.36. The van der Waals surface area contributed by atoms with Crippen LogP contribution in [0.2, 0.25) is 0 Å². The SMILES string of the molecule is C[C@@H]1CC=CC[C@@H]1NC(=O)OC(C)(C)C. The van der Waals surface area contributed by atoms with Crippen molar-refractivity contribution in [2.24, 2.45) is 5.92 Å². The number of hydrogen-bond acceptors (Lipinski definition) is 2. The zero-order chi connectivity index (χ0) is 11.5. The van der Waals surface area contributed by atoms with Crippen LogP contribution in [0.3, 0.4) is 0 Å². The molecule has 1 amide bonds. The maximum absolute atomic E-state index is 11.5. The second-order valence-electron chi connectivity index (χ2n) is 5.17. The van der Waals surface area contributed by atoms with Crippen molar-refractivity contribution in [3.05, 3.63) is 12.2 Å². The fraction of sp³-hybridized carbons (Fsp3) is 0.750. The Hall–Kier alpha value is -0.990. The van der Waals surface area contributed by atoms with Gasteiger partial charge in [-0.1, -0.05) is 19.1 Å². The summed E-state index contributed by atoms with van der Waals surface area (Å²) in [5.74, 6) is 0.488. The average molecular weight is 211 g/mol. The molecule has 0 aromatic rings. The first kappa shape index (κ1) is 12.1. The molecular formula is C12H21NO2. The fourth-order valence-electron chi connectivity index (χ4n) is 1.61. The maximum Gasteiger partial charge on any atom is 0.407 e. The fourth-order valence-corrected chi connectivity index (χ4v) is 1.61. The highest BCUT2D eigenvalue weighted by molar-refractivity contribution is 5.68. The Morgan fingerprint density at radius 1 is 1.33 bits per heavy atom. The van der Waals surface area contributed by atoms with Crippen LogP contribution < -0.4 is 5.32 Å². The molecule has 0 bridgehead atoms. The lowest BCUT2D eigenvalue weighted by molar-refractivity contribution is 0.0487. The van der Waals surface area contributed by atoms with Gasteiger partial charge in [0.2, 0.25) is 0 Å². The van der Waals surface area contributed by atoms with E-state index in [1.54, 1.807) is 0 Å². The third-order valence-electron chi connectivity index (χ3n) is 2.45. The lowest BCUT2D eigenvalue weighted by Gasteiger charge is -2.28. The van der Waals surface area contributed by atoms with E-state index in [2.05, 4.69) is 24.4 Å². The molecule has 86 valence electrons. The Balaban J connectivity index is 2.41. The van der Waals surface area contributed by atoms with Gasteiger partial charge in [0.15, 0.2) is 0 Å². The average Bonchev–Trinajstić information content (AvgIpc) is 2.05. The van der Waals surface area contributed by atoms with Crippen LogP contribution in [0.15, 0.2) is 12.2 Å². The largest absolute Gasteiger partial charge is 0.444 e. The molecule has 3 nitrogen and oxygen atoms in total. The highest BCUT2D eigenvalue weighted by atomic mass is 16.6. The van der Waals surface area contributed by atoms with Crippen LogP contribution in [0.1, 0.15) is 40.5 Å². The number of hydrogen-bond donors (Lipinski definition) is 1. The van der Waals surface area contributed by atoms with Crippen molar-refractivity contribution in [3.63, 3.8) is 0 Å². The zero-order valence-corrected chi connectivity index (χ0v) is 10.0. The molecule has 0 aromatic carbocycles. The van der Waals surface area contributed by atoms with Gasteiger partial charge < -0.3 is 10.1 Å². The Morgan fingerprint density at radius 2 is 1.93 bits per heavy atom. The van der Waals surface area contributed by atoms with Gasteiger partial charge in [-0.25, -0.2) is 4.79 Å². The number of allylic oxidation sites excluding steroid dienone is 1. The molecule has 1 N–H and O–H groups in total. The van der Waals surface area contributed by atoms with Crippen molar-refractivity contribution in [1.29, 1.82) is 0 Å². The van der Waals surface area contributed by atoms with Crippen LogP contribution in [0, 0.1) is 5.92 Å². The first-order valence-corrected chi connectivity index (χ1v) is 5.53. The summed E-state index contributed by atoms with van der Waals surface area (Å²) in [7, 11) is 0. The van der Waals surface area contributed by atoms with E-state index in [4.69, 9.17) is 4.74 Å². The van der Waals surface area contributed by atoms with E-state index in [9.17, 15) is 4.79 Å². The number of carbonyl (C=O) groups is 1. The van der Waals surface area contributed by atoms with E-state index < -0.39 is 5.60 Å². The standard InChI is InChI=1S/C12H21NO2/c1-9-7-5-6-8-10(9)13-11(14)15-12(2,3)4/h5-6,9-10H,7-8H2,1-4H3,(H,13,14)/t9-,10+/m1/s1. The van der Waals surface area contributed by atoms with E-state index in [0.717, 1.165) is 12.8 Å². The minimum Gasteiger partial charge on any atom is -0.444 e. The predicted octanol–water partition coefficient (Wildman–Crippen LogP) is 2.87. The van der Waals surface area contributed by atoms with Gasteiger partial charge >= 0.3 is 6.09 Å². The Bertz CT molecular complexity index is 253. The smallest absolute Gasteiger partial charge is 0.407 e. The lowest BCUT2D eigenvalue weighted by Crippen LogP contribution is -2.42. The van der Waals surface area contributed by atoms with Crippen LogP contribution in [0.5, 0.6) is 0 Å². The third-order valence-corrected chi connectivity index (χ3v) is 2.45. The number of alkyl carbamates (subject to hydrolysis) is 1. The van der Waals surface area contributed by atoms with Gasteiger partial charge in [0.05, 0.1) is 0 Å². The number of carbonyl (C=O) groups excluding carboxylic acids is 1. The molecule has 0 fully saturated rings. The minimum atomic E-state index is -0.419. The van der Waals surface area contributed by atoms with Gasteiger partial charge in [0.25, 0.3) is 0 Å². The minimum absolute atomic E-state index is 0.213. The highest BCUT2D eigenvalue weighted by Gasteiger charge is 2.23. The first-order chi connectivity index (χ1) is 6.88. The molecule has 15 heavy (non-hydrogen) atoms. The molecule has 0 heterocycles. The van der Waals surface area contributed by atoms with Crippen molar-refractivity contribution in [3.8, 4) is 0 Å². The lowest BCUT2D eigenvalue weighted by atomic mass is 9.91. The van der Waals surface area contributed by atoms with Gasteiger partial charge in [-0.05, 0) is 39.5 Å². The zero-order valence-electron chi connectivity index (χ0n) is 10.0. The van der Waals surface area contributed by atoms with Crippen molar-refractivity contribution in [2.75, 3.05) is 0 Å². The Kier molecular flexibility index (Phi) is 3.77. The van der Waals surface area contributed by atoms with E-state index in [1.807, 2.05) is 20.8 Å². The summed E-state index contributed by atoms with van der Waals surface area (Å²) in [6.07, 6.45) is 5.90. The van der Waals surface area contributed by atoms with Gasteiger partial charge in [0.1, 0.15) is 5.60 Å². The summed E-state index contributed by atoms with van der Waals surface area (Å²) in [6.45, 7) is 7.76. The van der Waals surface area contributed by atoms with Gasteiger partial charge in [0, 0.05) is 6.04 Å². The maximum atomic E-state index is 11.5. The van der Waals surface area contributed by atoms with Crippen molar-refractivity contribution < 1.29 is 9.53 Å². The quantitative estimate of drug-likeness (QED) is 0.677. The molecule has 0 unspecified atom stereocenters. The summed E-state index contributed by atoms with van der Waals surface area (Å²) in [6, 6.07) is 0.213. The second-order valence-corrected chi connectivity index (χ2v) is 5.17. The van der Waals surface area contributed by atoms with Gasteiger partial charge in [-0.15, -0.1) is 0 Å². The van der Waals surface area contributed by atoms with Crippen LogP contribution in [0.25, 0.3) is 0 Å². The van der Waals surface area contributed by atoms with Crippen molar-refractivity contribution in [2.45, 2.75) is 52.2 Å². The Labute approximate surface area is 91.9 Å². The van der Waals surface area contributed by atoms with E-state index >= 15 is 0 Å². The second kappa shape index (κ2) is 4.69. The number of nitrogens with one attached hydrogen (secondary N) is 1. The van der Waals surface area contributed by atoms with Crippen molar-refractivity contribution in [1.82, 2.24) is 5.32 Å². The molecule has 0 aliphatic heterocycles. The molecule has 3 heteroatoms. The molecule has 2 atom stereocenters. The molecule has 1 rings (SSSR count). The van der Waals surface area contributed by atoms with E-state index in [0.29, 0.717) is 5.92 Å². The molecule has 0 radical (unpaired) electrons. The van der Waals surface area contributed by atoms with Crippen LogP contribution >= 0.6 is 0 Å². The van der Waals surface area contributed by atoms with Crippen LogP contribution in [0.4, 0.5) is 4.79 Å². The van der Waals surface area contributed by atoms with Gasteiger partial charge in [-0.3, -0.25) is 0 Å². The van der Waals surface area contributed by atoms with Gasteiger partial charge in [-0.2, -0.15) is 0 Å². The van der Waals surface area contributed by atoms with Crippen LogP contribution in [-0.2, 0) is 4.74 Å². The summed E-state index contributed by atoms with van der Waals surface area (Å²) >= 11 is 0. The van der Waals surface area contributed by atoms with E-state index in [1.165, 1.54) is 0 Å². The Morgan fingerprint density at radius 3 is 2.47 bits per heavy atom. The van der Waals surface area contributed by atoms with E-state index in [-0.39, 0.29) is 12.1 Å². The monoisotopic (exact) mass is 211 g/mol. The molecule has 1 aliphatic rings. The summed E-state index contributed by atoms with van der Waals surface area (Å²) in [5.41, 5.74) is -0.419. The molecule has 1 aliphatic carbocycles. The summed E-state index contributed by atoms with van der Waals surface area (Å²) in [4.78, 5) is 11.5. The van der Waals surface area contributed by atoms with Crippen LogP contribution in [-0.4, -0.2) is 17.7 Å². The topological polar surface area (TPSA) is 38.3 Å². The number of ether oxygens (including phenoxy) is 1. The predicted molar refractivity (Wildman–Crippen MR) is 60.7 cm³/mol. The normalized spacial score (nSPS) is 26.1. The molecule has 0 saturated heterocycles. The number of amides is 1. The first-order valence-electron chi connectivity index (χ1n) is 5.53. The molecule has 0 saturated carbocycles. The van der Waals surface area contributed by atoms with Crippen molar-refractivity contribution >= 4 is 6.09 Å². The summed E-state index contributed by atoms with van der Waals surface area (Å²) < 4.78 is 5.21. The molecule has 0 spiro atoms. The molecular weight excluding hydrogens is 190 g/mol. The molecule has 0 aromatic heterocycles.